The van der Waals surface area contributed by atoms with Crippen molar-refractivity contribution in [1.29, 1.82) is 0 Å². The predicted molar refractivity (Wildman–Crippen MR) is 99.4 cm³/mol. The lowest BCUT2D eigenvalue weighted by Gasteiger charge is -2.13. The summed E-state index contributed by atoms with van der Waals surface area (Å²) in [5, 5.41) is 0. The number of ketones is 1. The van der Waals surface area contributed by atoms with Gasteiger partial charge in [-0.25, -0.2) is 4.39 Å². The van der Waals surface area contributed by atoms with E-state index in [0.29, 0.717) is 11.1 Å². The fourth-order valence-electron chi connectivity index (χ4n) is 2.95. The van der Waals surface area contributed by atoms with Gasteiger partial charge in [0.1, 0.15) is 0 Å². The van der Waals surface area contributed by atoms with Crippen LogP contribution in [0.4, 0.5) is 4.39 Å². The summed E-state index contributed by atoms with van der Waals surface area (Å²) in [5.41, 5.74) is 1.48. The highest BCUT2D eigenvalue weighted by Gasteiger charge is 2.35. The summed E-state index contributed by atoms with van der Waals surface area (Å²) in [4.78, 5) is 49.6. The number of hydrogen-bond acceptors (Lipinski definition) is 6. The molecule has 3 rings (SSSR count). The molecule has 0 saturated heterocycles. The molecule has 0 aromatic heterocycles. The number of fused-ring (bicyclic) bond motifs is 1. The summed E-state index contributed by atoms with van der Waals surface area (Å²) in [7, 11) is 1.30. The van der Waals surface area contributed by atoms with E-state index in [-0.39, 0.29) is 24.3 Å². The van der Waals surface area contributed by atoms with Gasteiger partial charge in [0.25, 0.3) is 11.8 Å². The van der Waals surface area contributed by atoms with E-state index in [1.165, 1.54) is 19.2 Å². The molecule has 1 aliphatic rings. The van der Waals surface area contributed by atoms with Crippen molar-refractivity contribution in [3.63, 3.8) is 0 Å². The zero-order valence-corrected chi connectivity index (χ0v) is 15.9. The molecule has 0 N–H and O–H groups in total. The molecule has 0 atom stereocenters. The number of benzene rings is 2. The van der Waals surface area contributed by atoms with Crippen molar-refractivity contribution in [3.05, 3.63) is 64.5 Å². The summed E-state index contributed by atoms with van der Waals surface area (Å²) >= 11 is 0. The normalized spacial score (nSPS) is 12.7. The van der Waals surface area contributed by atoms with Gasteiger partial charge in [0.2, 0.25) is 0 Å². The number of carbonyl (C=O) groups is 4. The van der Waals surface area contributed by atoms with Crippen LogP contribution < -0.4 is 4.74 Å². The van der Waals surface area contributed by atoms with E-state index in [1.807, 2.05) is 6.92 Å². The number of rotatable bonds is 7. The van der Waals surface area contributed by atoms with Gasteiger partial charge >= 0.3 is 5.97 Å². The Morgan fingerprint density at radius 1 is 1.03 bits per heavy atom. The van der Waals surface area contributed by atoms with Crippen LogP contribution in [0.3, 0.4) is 0 Å². The van der Waals surface area contributed by atoms with E-state index in [1.54, 1.807) is 18.2 Å². The molecule has 0 aliphatic carbocycles. The molecular formula is C21H18FNO6. The van der Waals surface area contributed by atoms with E-state index in [2.05, 4.69) is 0 Å². The molecule has 0 fully saturated rings. The molecule has 2 amide bonds. The molecule has 29 heavy (non-hydrogen) atoms. The first kappa shape index (κ1) is 20.2. The Bertz CT molecular complexity index is 1020. The maximum Gasteiger partial charge on any atom is 0.308 e. The highest BCUT2D eigenvalue weighted by molar-refractivity contribution is 6.21. The molecule has 0 saturated carbocycles. The number of methoxy groups -OCH3 is 1. The Kier molecular flexibility index (Phi) is 5.72. The van der Waals surface area contributed by atoms with Gasteiger partial charge in [-0.1, -0.05) is 11.6 Å². The van der Waals surface area contributed by atoms with Crippen LogP contribution in [-0.4, -0.2) is 48.7 Å². The van der Waals surface area contributed by atoms with Crippen LogP contribution in [0.5, 0.6) is 5.75 Å². The summed E-state index contributed by atoms with van der Waals surface area (Å²) in [6.07, 6.45) is -0.255. The molecule has 150 valence electrons. The van der Waals surface area contributed by atoms with E-state index in [9.17, 15) is 23.6 Å². The van der Waals surface area contributed by atoms with E-state index in [0.717, 1.165) is 16.5 Å². The van der Waals surface area contributed by atoms with Crippen molar-refractivity contribution in [2.75, 3.05) is 20.3 Å². The monoisotopic (exact) mass is 399 g/mol. The first-order valence-electron chi connectivity index (χ1n) is 8.81. The molecular weight excluding hydrogens is 381 g/mol. The zero-order valence-electron chi connectivity index (χ0n) is 15.9. The smallest absolute Gasteiger partial charge is 0.308 e. The Morgan fingerprint density at radius 3 is 2.45 bits per heavy atom. The maximum absolute atomic E-state index is 13.7. The highest BCUT2D eigenvalue weighted by atomic mass is 19.1. The van der Waals surface area contributed by atoms with Gasteiger partial charge in [0.15, 0.2) is 24.0 Å². The van der Waals surface area contributed by atoms with Crippen molar-refractivity contribution >= 4 is 23.6 Å². The van der Waals surface area contributed by atoms with Gasteiger partial charge < -0.3 is 9.47 Å². The number of Topliss-reactive ketones (excluding diaryl/α,β-unsaturated/α-hetero) is 1. The van der Waals surface area contributed by atoms with Gasteiger partial charge in [-0.05, 0) is 37.3 Å². The van der Waals surface area contributed by atoms with Crippen LogP contribution in [0.15, 0.2) is 36.4 Å². The van der Waals surface area contributed by atoms with Crippen LogP contribution >= 0.6 is 0 Å². The molecule has 2 aromatic rings. The lowest BCUT2D eigenvalue weighted by molar-refractivity contribution is -0.142. The molecule has 0 unspecified atom stereocenters. The average Bonchev–Trinajstić information content (AvgIpc) is 2.93. The second-order valence-electron chi connectivity index (χ2n) is 6.49. The number of imide groups is 1. The first-order valence-corrected chi connectivity index (χ1v) is 8.81. The van der Waals surface area contributed by atoms with Gasteiger partial charge in [-0.2, -0.15) is 0 Å². The van der Waals surface area contributed by atoms with E-state index >= 15 is 0 Å². The van der Waals surface area contributed by atoms with Gasteiger partial charge in [0.05, 0.1) is 24.7 Å². The zero-order chi connectivity index (χ0) is 21.1. The Labute approximate surface area is 166 Å². The fourth-order valence-corrected chi connectivity index (χ4v) is 2.95. The number of aryl methyl sites for hydroxylation is 1. The minimum Gasteiger partial charge on any atom is -0.494 e. The number of amides is 2. The second-order valence-corrected chi connectivity index (χ2v) is 6.49. The number of carbonyl (C=O) groups excluding carboxylic acids is 4. The SMILES string of the molecule is COc1ccc(C(=O)COC(=O)CCN2C(=O)c3ccc(C)cc3C2=O)cc1F. The minimum absolute atomic E-state index is 0.00492. The molecule has 0 radical (unpaired) electrons. The van der Waals surface area contributed by atoms with Crippen molar-refractivity contribution in [1.82, 2.24) is 4.90 Å². The van der Waals surface area contributed by atoms with Gasteiger partial charge in [-0.15, -0.1) is 0 Å². The molecule has 1 heterocycles. The van der Waals surface area contributed by atoms with Crippen LogP contribution in [-0.2, 0) is 9.53 Å². The third-order valence-corrected chi connectivity index (χ3v) is 4.50. The minimum atomic E-state index is -0.750. The molecule has 0 bridgehead atoms. The van der Waals surface area contributed by atoms with Crippen LogP contribution in [0.25, 0.3) is 0 Å². The van der Waals surface area contributed by atoms with Crippen LogP contribution in [0.1, 0.15) is 43.1 Å². The van der Waals surface area contributed by atoms with Gasteiger partial charge in [-0.3, -0.25) is 24.1 Å². The summed E-state index contributed by atoms with van der Waals surface area (Å²) < 4.78 is 23.3. The fraction of sp³-hybridized carbons (Fsp3) is 0.238. The highest BCUT2D eigenvalue weighted by Crippen LogP contribution is 2.24. The molecule has 8 heteroatoms. The Hall–Kier alpha value is -3.55. The van der Waals surface area contributed by atoms with Crippen molar-refractivity contribution < 1.29 is 33.0 Å². The third kappa shape index (κ3) is 4.16. The lowest BCUT2D eigenvalue weighted by atomic mass is 10.1. The van der Waals surface area contributed by atoms with E-state index < -0.39 is 36.0 Å². The molecule has 7 nitrogen and oxygen atoms in total. The largest absolute Gasteiger partial charge is 0.494 e. The maximum atomic E-state index is 13.7. The third-order valence-electron chi connectivity index (χ3n) is 4.50. The summed E-state index contributed by atoms with van der Waals surface area (Å²) in [6.45, 7) is 1.07. The number of esters is 1. The molecule has 0 spiro atoms. The number of halogens is 1. The van der Waals surface area contributed by atoms with Crippen molar-refractivity contribution in [2.45, 2.75) is 13.3 Å². The lowest BCUT2D eigenvalue weighted by Crippen LogP contribution is -2.32. The number of hydrogen-bond donors (Lipinski definition) is 0. The van der Waals surface area contributed by atoms with E-state index in [4.69, 9.17) is 9.47 Å². The van der Waals surface area contributed by atoms with Crippen molar-refractivity contribution in [2.24, 2.45) is 0 Å². The van der Waals surface area contributed by atoms with Crippen LogP contribution in [0.2, 0.25) is 0 Å². The number of nitrogens with zero attached hydrogens (tertiary/aromatic N) is 1. The summed E-state index contributed by atoms with van der Waals surface area (Å²) in [6, 6.07) is 8.59. The Morgan fingerprint density at radius 2 is 1.76 bits per heavy atom. The van der Waals surface area contributed by atoms with Crippen molar-refractivity contribution in [3.8, 4) is 5.75 Å². The van der Waals surface area contributed by atoms with Crippen LogP contribution in [0, 0.1) is 12.7 Å². The topological polar surface area (TPSA) is 90.0 Å². The molecule has 2 aromatic carbocycles. The second kappa shape index (κ2) is 8.22. The quantitative estimate of drug-likeness (QED) is 0.404. The summed E-state index contributed by atoms with van der Waals surface area (Å²) in [5.74, 6) is -2.98. The predicted octanol–water partition coefficient (Wildman–Crippen LogP) is 2.55. The number of ether oxygens (including phenoxy) is 2. The molecule has 1 aliphatic heterocycles. The Balaban J connectivity index is 1.53. The first-order chi connectivity index (χ1) is 13.8. The van der Waals surface area contributed by atoms with Gasteiger partial charge in [0, 0.05) is 12.1 Å². The standard InChI is InChI=1S/C21H18FNO6/c1-12-3-5-14-15(9-12)21(27)23(20(14)26)8-7-19(25)29-11-17(24)13-4-6-18(28-2)16(22)10-13/h3-6,9-10H,7-8,11H2,1-2H3. The average molecular weight is 399 g/mol.